The molecule has 2 aromatic rings. The average molecular weight is 341 g/mol. The highest BCUT2D eigenvalue weighted by Crippen LogP contribution is 2.29. The van der Waals surface area contributed by atoms with Gasteiger partial charge in [-0.25, -0.2) is 4.98 Å². The minimum Gasteiger partial charge on any atom is -0.355 e. The molecule has 134 valence electrons. The van der Waals surface area contributed by atoms with Crippen LogP contribution < -0.4 is 4.90 Å². The van der Waals surface area contributed by atoms with Crippen LogP contribution in [0, 0.1) is 5.92 Å². The molecule has 0 N–H and O–H groups in total. The van der Waals surface area contributed by atoms with Crippen LogP contribution in [0.3, 0.4) is 0 Å². The first-order chi connectivity index (χ1) is 12.1. The van der Waals surface area contributed by atoms with Crippen LogP contribution in [0.1, 0.15) is 51.1 Å². The first kappa shape index (κ1) is 16.4. The Morgan fingerprint density at radius 1 is 1.16 bits per heavy atom. The van der Waals surface area contributed by atoms with Gasteiger partial charge in [0.2, 0.25) is 5.91 Å². The second kappa shape index (κ2) is 6.65. The zero-order valence-corrected chi connectivity index (χ0v) is 15.2. The summed E-state index contributed by atoms with van der Waals surface area (Å²) in [4.78, 5) is 21.7. The zero-order chi connectivity index (χ0) is 17.4. The van der Waals surface area contributed by atoms with Gasteiger partial charge in [0.15, 0.2) is 5.65 Å². The van der Waals surface area contributed by atoms with E-state index in [2.05, 4.69) is 34.8 Å². The Bertz CT molecular complexity index is 764. The number of amides is 1. The summed E-state index contributed by atoms with van der Waals surface area (Å²) < 4.78 is 1.93. The first-order valence-corrected chi connectivity index (χ1v) is 9.52. The smallest absolute Gasteiger partial charge is 0.225 e. The maximum absolute atomic E-state index is 12.6. The number of rotatable bonds is 3. The van der Waals surface area contributed by atoms with Crippen LogP contribution in [0.5, 0.6) is 0 Å². The van der Waals surface area contributed by atoms with Crippen molar-refractivity contribution in [3.63, 3.8) is 0 Å². The van der Waals surface area contributed by atoms with Crippen molar-refractivity contribution in [1.29, 1.82) is 0 Å². The molecule has 1 amide bonds. The normalized spacial score (nSPS) is 19.3. The quantitative estimate of drug-likeness (QED) is 0.861. The second-order valence-electron chi connectivity index (χ2n) is 7.59. The van der Waals surface area contributed by atoms with Gasteiger partial charge < -0.3 is 9.80 Å². The van der Waals surface area contributed by atoms with Crippen LogP contribution in [-0.2, 0) is 4.79 Å². The molecule has 2 aliphatic rings. The fourth-order valence-corrected chi connectivity index (χ4v) is 3.72. The number of hydrogen-bond acceptors (Lipinski definition) is 4. The lowest BCUT2D eigenvalue weighted by atomic mass is 9.84. The van der Waals surface area contributed by atoms with Crippen LogP contribution >= 0.6 is 0 Å². The molecule has 6 heteroatoms. The van der Waals surface area contributed by atoms with Crippen molar-refractivity contribution >= 4 is 17.4 Å². The molecule has 6 nitrogen and oxygen atoms in total. The van der Waals surface area contributed by atoms with Gasteiger partial charge in [0.25, 0.3) is 0 Å². The third-order valence-electron chi connectivity index (χ3n) is 5.54. The maximum atomic E-state index is 12.6. The Hall–Kier alpha value is -2.11. The molecule has 2 aromatic heterocycles. The second-order valence-corrected chi connectivity index (χ2v) is 7.59. The topological polar surface area (TPSA) is 53.7 Å². The minimum atomic E-state index is 0.290. The Labute approximate surface area is 148 Å². The molecule has 0 unspecified atom stereocenters. The summed E-state index contributed by atoms with van der Waals surface area (Å²) in [6, 6.07) is 4.12. The van der Waals surface area contributed by atoms with Crippen LogP contribution in [-0.4, -0.2) is 51.6 Å². The molecular weight excluding hydrogens is 314 g/mol. The van der Waals surface area contributed by atoms with E-state index in [9.17, 15) is 4.79 Å². The van der Waals surface area contributed by atoms with Crippen LogP contribution in [0.4, 0.5) is 5.82 Å². The summed E-state index contributed by atoms with van der Waals surface area (Å²) in [6.07, 6.45) is 6.17. The number of hydrogen-bond donors (Lipinski definition) is 0. The van der Waals surface area contributed by atoms with Crippen molar-refractivity contribution in [2.75, 3.05) is 31.1 Å². The van der Waals surface area contributed by atoms with E-state index >= 15 is 0 Å². The van der Waals surface area contributed by atoms with Gasteiger partial charge in [-0.1, -0.05) is 20.3 Å². The van der Waals surface area contributed by atoms with Gasteiger partial charge >= 0.3 is 0 Å². The lowest BCUT2D eigenvalue weighted by Crippen LogP contribution is -2.41. The highest BCUT2D eigenvalue weighted by atomic mass is 16.2. The molecule has 0 radical (unpaired) electrons. The van der Waals surface area contributed by atoms with Crippen molar-refractivity contribution in [3.8, 4) is 0 Å². The molecule has 1 saturated heterocycles. The standard InChI is InChI=1S/C19H27N5O/c1-14(2)16-13-18(24-17(21-16)7-8-20-24)22-9-4-10-23(12-11-22)19(25)15-5-3-6-15/h7-8,13-15H,3-6,9-12H2,1-2H3. The lowest BCUT2D eigenvalue weighted by molar-refractivity contribution is -0.137. The third-order valence-corrected chi connectivity index (χ3v) is 5.54. The van der Waals surface area contributed by atoms with Gasteiger partial charge in [-0.3, -0.25) is 4.79 Å². The number of nitrogens with zero attached hydrogens (tertiary/aromatic N) is 5. The molecular formula is C19H27N5O. The van der Waals surface area contributed by atoms with E-state index < -0.39 is 0 Å². The van der Waals surface area contributed by atoms with Gasteiger partial charge in [0.1, 0.15) is 5.82 Å². The predicted molar refractivity (Wildman–Crippen MR) is 97.8 cm³/mol. The van der Waals surface area contributed by atoms with E-state index in [-0.39, 0.29) is 5.92 Å². The summed E-state index contributed by atoms with van der Waals surface area (Å²) >= 11 is 0. The SMILES string of the molecule is CC(C)c1cc(N2CCCN(C(=O)C3CCC3)CC2)n2nccc2n1. The van der Waals surface area contributed by atoms with Gasteiger partial charge in [0.05, 0.1) is 6.20 Å². The molecule has 25 heavy (non-hydrogen) atoms. The van der Waals surface area contributed by atoms with E-state index in [4.69, 9.17) is 4.98 Å². The van der Waals surface area contributed by atoms with E-state index in [0.717, 1.165) is 62.6 Å². The largest absolute Gasteiger partial charge is 0.355 e. The summed E-state index contributed by atoms with van der Waals surface area (Å²) in [7, 11) is 0. The zero-order valence-electron chi connectivity index (χ0n) is 15.2. The van der Waals surface area contributed by atoms with Gasteiger partial charge in [-0.15, -0.1) is 0 Å². The molecule has 0 atom stereocenters. The Morgan fingerprint density at radius 2 is 2.00 bits per heavy atom. The third kappa shape index (κ3) is 3.10. The number of carbonyl (C=O) groups is 1. The lowest BCUT2D eigenvalue weighted by Gasteiger charge is -2.31. The summed E-state index contributed by atoms with van der Waals surface area (Å²) in [5.41, 5.74) is 1.99. The van der Waals surface area contributed by atoms with Crippen LogP contribution in [0.2, 0.25) is 0 Å². The van der Waals surface area contributed by atoms with Crippen molar-refractivity contribution in [2.45, 2.75) is 45.4 Å². The van der Waals surface area contributed by atoms with Crippen molar-refractivity contribution < 1.29 is 4.79 Å². The molecule has 0 bridgehead atoms. The molecule has 0 spiro atoms. The van der Waals surface area contributed by atoms with E-state index in [1.54, 1.807) is 6.20 Å². The summed E-state index contributed by atoms with van der Waals surface area (Å²) in [5.74, 6) is 2.13. The van der Waals surface area contributed by atoms with Crippen molar-refractivity contribution in [2.24, 2.45) is 5.92 Å². The highest BCUT2D eigenvalue weighted by molar-refractivity contribution is 5.79. The number of fused-ring (bicyclic) bond motifs is 1. The maximum Gasteiger partial charge on any atom is 0.225 e. The monoisotopic (exact) mass is 341 g/mol. The van der Waals surface area contributed by atoms with E-state index in [1.807, 2.05) is 10.6 Å². The van der Waals surface area contributed by atoms with Crippen molar-refractivity contribution in [3.05, 3.63) is 24.0 Å². The average Bonchev–Trinajstić information content (AvgIpc) is 2.88. The fraction of sp³-hybridized carbons (Fsp3) is 0.632. The number of carbonyl (C=O) groups excluding carboxylic acids is 1. The molecule has 0 aromatic carbocycles. The molecule has 1 aliphatic carbocycles. The van der Waals surface area contributed by atoms with E-state index in [1.165, 1.54) is 6.42 Å². The Kier molecular flexibility index (Phi) is 4.36. The fourth-order valence-electron chi connectivity index (χ4n) is 3.72. The number of anilines is 1. The van der Waals surface area contributed by atoms with E-state index in [0.29, 0.717) is 11.8 Å². The molecule has 2 fully saturated rings. The number of aromatic nitrogens is 3. The van der Waals surface area contributed by atoms with Crippen molar-refractivity contribution in [1.82, 2.24) is 19.5 Å². The van der Waals surface area contributed by atoms with Gasteiger partial charge in [-0.2, -0.15) is 9.61 Å². The Morgan fingerprint density at radius 3 is 2.72 bits per heavy atom. The summed E-state index contributed by atoms with van der Waals surface area (Å²) in [6.45, 7) is 7.81. The first-order valence-electron chi connectivity index (χ1n) is 9.52. The molecule has 4 rings (SSSR count). The molecule has 3 heterocycles. The Balaban J connectivity index is 1.56. The van der Waals surface area contributed by atoms with Crippen LogP contribution in [0.25, 0.3) is 5.65 Å². The van der Waals surface area contributed by atoms with Gasteiger partial charge in [0, 0.05) is 49.9 Å². The minimum absolute atomic E-state index is 0.290. The summed E-state index contributed by atoms with van der Waals surface area (Å²) in [5, 5.41) is 4.46. The molecule has 1 saturated carbocycles. The molecule has 1 aliphatic heterocycles. The van der Waals surface area contributed by atoms with Gasteiger partial charge in [-0.05, 0) is 25.2 Å². The highest BCUT2D eigenvalue weighted by Gasteiger charge is 2.30. The predicted octanol–water partition coefficient (Wildman–Crippen LogP) is 2.69. The van der Waals surface area contributed by atoms with Crippen LogP contribution in [0.15, 0.2) is 18.3 Å².